The van der Waals surface area contributed by atoms with Gasteiger partial charge in [-0.05, 0) is 24.3 Å². The molecule has 106 valence electrons. The number of carbonyl (C=O) groups is 2. The van der Waals surface area contributed by atoms with Crippen LogP contribution >= 0.6 is 11.8 Å². The van der Waals surface area contributed by atoms with Gasteiger partial charge in [0, 0.05) is 17.5 Å². The maximum absolute atomic E-state index is 12.4. The van der Waals surface area contributed by atoms with E-state index in [2.05, 4.69) is 4.98 Å². The number of nitrogen functional groups attached to an aromatic ring is 1. The minimum atomic E-state index is -0.414. The Hall–Kier alpha value is -2.34. The highest BCUT2D eigenvalue weighted by atomic mass is 32.2. The summed E-state index contributed by atoms with van der Waals surface area (Å²) >= 11 is 1.34. The van der Waals surface area contributed by atoms with Crippen molar-refractivity contribution in [3.63, 3.8) is 0 Å². The third kappa shape index (κ3) is 2.75. The van der Waals surface area contributed by atoms with E-state index in [0.29, 0.717) is 11.5 Å². The van der Waals surface area contributed by atoms with Crippen molar-refractivity contribution in [1.82, 2.24) is 4.98 Å². The minimum Gasteiger partial charge on any atom is -0.384 e. The second kappa shape index (κ2) is 5.57. The number of nitrogens with zero attached hydrogens (tertiary/aromatic N) is 2. The molecular weight excluding hydrogens is 286 g/mol. The zero-order chi connectivity index (χ0) is 14.8. The molecule has 0 aliphatic carbocycles. The fourth-order valence-electron chi connectivity index (χ4n) is 2.17. The largest absolute Gasteiger partial charge is 0.384 e. The normalized spacial score (nSPS) is 18.3. The summed E-state index contributed by atoms with van der Waals surface area (Å²) < 4.78 is 0. The number of hydrogen-bond donors (Lipinski definition) is 1. The van der Waals surface area contributed by atoms with Crippen molar-refractivity contribution in [2.24, 2.45) is 0 Å². The number of aromatic nitrogens is 1. The van der Waals surface area contributed by atoms with Crippen molar-refractivity contribution < 1.29 is 9.59 Å². The molecule has 1 saturated heterocycles. The number of amides is 2. The molecule has 1 aromatic heterocycles. The maximum Gasteiger partial charge on any atom is 0.247 e. The first-order valence-electron chi connectivity index (χ1n) is 6.45. The molecule has 5 nitrogen and oxygen atoms in total. The second-order valence-electron chi connectivity index (χ2n) is 4.63. The molecular formula is C15H13N3O2S. The van der Waals surface area contributed by atoms with Gasteiger partial charge >= 0.3 is 0 Å². The molecule has 1 aromatic carbocycles. The molecule has 1 unspecified atom stereocenters. The molecule has 21 heavy (non-hydrogen) atoms. The highest BCUT2D eigenvalue weighted by Crippen LogP contribution is 2.33. The molecule has 2 heterocycles. The molecule has 0 radical (unpaired) electrons. The van der Waals surface area contributed by atoms with Crippen LogP contribution in [0.5, 0.6) is 0 Å². The molecule has 3 rings (SSSR count). The first-order valence-corrected chi connectivity index (χ1v) is 7.33. The molecule has 2 amide bonds. The van der Waals surface area contributed by atoms with Crippen molar-refractivity contribution in [2.75, 3.05) is 10.6 Å². The number of para-hydroxylation sites is 1. The summed E-state index contributed by atoms with van der Waals surface area (Å²) in [6, 6.07) is 12.5. The second-order valence-corrected chi connectivity index (χ2v) is 5.91. The Kier molecular flexibility index (Phi) is 3.62. The lowest BCUT2D eigenvalue weighted by atomic mass is 10.3. The van der Waals surface area contributed by atoms with Crippen LogP contribution in [0.15, 0.2) is 53.6 Å². The molecule has 0 bridgehead atoms. The standard InChI is InChI=1S/C15H13N3O2S/c16-13-7-6-11(9-17-13)21-12-8-14(19)18(15(12)20)10-4-2-1-3-5-10/h1-7,9,12H,8H2,(H2,16,17). The average molecular weight is 299 g/mol. The average Bonchev–Trinajstić information content (AvgIpc) is 2.77. The minimum absolute atomic E-state index is 0.174. The van der Waals surface area contributed by atoms with E-state index in [1.54, 1.807) is 42.6 Å². The number of nitrogens with two attached hydrogens (primary N) is 1. The van der Waals surface area contributed by atoms with E-state index in [1.807, 2.05) is 6.07 Å². The van der Waals surface area contributed by atoms with Crippen molar-refractivity contribution in [1.29, 1.82) is 0 Å². The maximum atomic E-state index is 12.4. The zero-order valence-corrected chi connectivity index (χ0v) is 11.9. The Bertz CT molecular complexity index is 673. The molecule has 1 fully saturated rings. The number of hydrogen-bond acceptors (Lipinski definition) is 5. The zero-order valence-electron chi connectivity index (χ0n) is 11.1. The van der Waals surface area contributed by atoms with Crippen LogP contribution in [0.2, 0.25) is 0 Å². The van der Waals surface area contributed by atoms with Gasteiger partial charge in [-0.25, -0.2) is 9.88 Å². The number of imide groups is 1. The van der Waals surface area contributed by atoms with Gasteiger partial charge in [0.05, 0.1) is 10.9 Å². The molecule has 2 N–H and O–H groups in total. The predicted octanol–water partition coefficient (Wildman–Crippen LogP) is 2.09. The van der Waals surface area contributed by atoms with Crippen molar-refractivity contribution >= 4 is 35.1 Å². The van der Waals surface area contributed by atoms with Gasteiger partial charge < -0.3 is 5.73 Å². The van der Waals surface area contributed by atoms with Crippen LogP contribution in [0.25, 0.3) is 0 Å². The fraction of sp³-hybridized carbons (Fsp3) is 0.133. The van der Waals surface area contributed by atoms with Gasteiger partial charge in [0.2, 0.25) is 11.8 Å². The third-order valence-corrected chi connectivity index (χ3v) is 4.32. The lowest BCUT2D eigenvalue weighted by molar-refractivity contribution is -0.121. The van der Waals surface area contributed by atoms with E-state index in [9.17, 15) is 9.59 Å². The van der Waals surface area contributed by atoms with Gasteiger partial charge in [-0.15, -0.1) is 11.8 Å². The number of benzene rings is 1. The Morgan fingerprint density at radius 3 is 2.57 bits per heavy atom. The Balaban J connectivity index is 1.79. The van der Waals surface area contributed by atoms with Crippen LogP contribution in [0.4, 0.5) is 11.5 Å². The number of rotatable bonds is 3. The van der Waals surface area contributed by atoms with Crippen LogP contribution in [0.3, 0.4) is 0 Å². The molecule has 0 saturated carbocycles. The van der Waals surface area contributed by atoms with Gasteiger partial charge in [-0.1, -0.05) is 18.2 Å². The van der Waals surface area contributed by atoms with Gasteiger partial charge in [0.1, 0.15) is 5.82 Å². The molecule has 2 aromatic rings. The van der Waals surface area contributed by atoms with Crippen LogP contribution in [0.1, 0.15) is 6.42 Å². The highest BCUT2D eigenvalue weighted by molar-refractivity contribution is 8.00. The Morgan fingerprint density at radius 1 is 1.14 bits per heavy atom. The smallest absolute Gasteiger partial charge is 0.247 e. The van der Waals surface area contributed by atoms with Crippen molar-refractivity contribution in [2.45, 2.75) is 16.6 Å². The summed E-state index contributed by atoms with van der Waals surface area (Å²) in [5.41, 5.74) is 6.15. The SMILES string of the molecule is Nc1ccc(SC2CC(=O)N(c3ccccc3)C2=O)cn1. The summed E-state index contributed by atoms with van der Waals surface area (Å²) in [5.74, 6) is 0.0687. The van der Waals surface area contributed by atoms with Crippen LogP contribution in [-0.2, 0) is 9.59 Å². The molecule has 1 atom stereocenters. The third-order valence-electron chi connectivity index (χ3n) is 3.16. The van der Waals surface area contributed by atoms with Crippen LogP contribution < -0.4 is 10.6 Å². The highest BCUT2D eigenvalue weighted by Gasteiger charge is 2.40. The molecule has 1 aliphatic rings. The van der Waals surface area contributed by atoms with Crippen molar-refractivity contribution in [3.05, 3.63) is 48.7 Å². The first-order chi connectivity index (χ1) is 10.1. The lowest BCUT2D eigenvalue weighted by Crippen LogP contribution is -2.30. The quantitative estimate of drug-likeness (QED) is 0.878. The Morgan fingerprint density at radius 2 is 1.90 bits per heavy atom. The molecule has 6 heteroatoms. The number of anilines is 2. The summed E-state index contributed by atoms with van der Waals surface area (Å²) in [7, 11) is 0. The molecule has 0 spiro atoms. The van der Waals surface area contributed by atoms with Crippen LogP contribution in [-0.4, -0.2) is 22.0 Å². The summed E-state index contributed by atoms with van der Waals surface area (Å²) in [4.78, 5) is 30.6. The van der Waals surface area contributed by atoms with Gasteiger partial charge in [-0.3, -0.25) is 9.59 Å². The van der Waals surface area contributed by atoms with E-state index in [4.69, 9.17) is 5.73 Å². The fourth-order valence-corrected chi connectivity index (χ4v) is 3.19. The van der Waals surface area contributed by atoms with E-state index >= 15 is 0 Å². The predicted molar refractivity (Wildman–Crippen MR) is 81.8 cm³/mol. The molecule has 1 aliphatic heterocycles. The Labute approximate surface area is 126 Å². The number of pyridine rings is 1. The van der Waals surface area contributed by atoms with E-state index in [0.717, 1.165) is 4.90 Å². The van der Waals surface area contributed by atoms with Gasteiger partial charge in [0.25, 0.3) is 0 Å². The monoisotopic (exact) mass is 299 g/mol. The number of thioether (sulfide) groups is 1. The van der Waals surface area contributed by atoms with Crippen molar-refractivity contribution in [3.8, 4) is 0 Å². The number of carbonyl (C=O) groups excluding carboxylic acids is 2. The van der Waals surface area contributed by atoms with E-state index in [-0.39, 0.29) is 18.2 Å². The summed E-state index contributed by atoms with van der Waals surface area (Å²) in [6.07, 6.45) is 1.81. The van der Waals surface area contributed by atoms with Crippen LogP contribution in [0, 0.1) is 0 Å². The van der Waals surface area contributed by atoms with E-state index in [1.165, 1.54) is 16.7 Å². The topological polar surface area (TPSA) is 76.3 Å². The summed E-state index contributed by atoms with van der Waals surface area (Å²) in [5, 5.41) is -0.414. The first kappa shape index (κ1) is 13.6. The van der Waals surface area contributed by atoms with E-state index < -0.39 is 5.25 Å². The lowest BCUT2D eigenvalue weighted by Gasteiger charge is -2.14. The van der Waals surface area contributed by atoms with Gasteiger partial charge in [-0.2, -0.15) is 0 Å². The van der Waals surface area contributed by atoms with Gasteiger partial charge in [0.15, 0.2) is 0 Å². The summed E-state index contributed by atoms with van der Waals surface area (Å²) in [6.45, 7) is 0.